The molecule has 1 aromatic carbocycles. The van der Waals surface area contributed by atoms with Crippen LogP contribution in [0.25, 0.3) is 11.3 Å². The molecule has 0 bridgehead atoms. The lowest BCUT2D eigenvalue weighted by Gasteiger charge is -2.35. The summed E-state index contributed by atoms with van der Waals surface area (Å²) in [6, 6.07) is 11.7. The number of aromatic amines is 1. The van der Waals surface area contributed by atoms with Crippen molar-refractivity contribution in [2.24, 2.45) is 11.7 Å². The minimum absolute atomic E-state index is 0.0149. The van der Waals surface area contributed by atoms with Gasteiger partial charge in [0.05, 0.1) is 5.69 Å². The van der Waals surface area contributed by atoms with Gasteiger partial charge in [0.25, 0.3) is 0 Å². The third-order valence-electron chi connectivity index (χ3n) is 6.29. The summed E-state index contributed by atoms with van der Waals surface area (Å²) in [6.07, 6.45) is 7.24. The van der Waals surface area contributed by atoms with Gasteiger partial charge in [0, 0.05) is 42.6 Å². The lowest BCUT2D eigenvalue weighted by atomic mass is 9.95. The summed E-state index contributed by atoms with van der Waals surface area (Å²) in [4.78, 5) is 18.2. The van der Waals surface area contributed by atoms with Crippen molar-refractivity contribution in [2.45, 2.75) is 31.8 Å². The van der Waals surface area contributed by atoms with Crippen LogP contribution >= 0.6 is 0 Å². The number of hydrogen-bond acceptors (Lipinski definition) is 6. The number of aryl methyl sites for hydroxylation is 1. The van der Waals surface area contributed by atoms with Crippen molar-refractivity contribution in [1.29, 1.82) is 0 Å². The van der Waals surface area contributed by atoms with E-state index in [1.807, 2.05) is 30.3 Å². The molecule has 1 atom stereocenters. The van der Waals surface area contributed by atoms with Crippen LogP contribution in [0.1, 0.15) is 24.8 Å². The molecule has 8 nitrogen and oxygen atoms in total. The number of carbonyl (C=O) groups is 1. The fourth-order valence-corrected chi connectivity index (χ4v) is 4.42. The van der Waals surface area contributed by atoms with E-state index in [-0.39, 0.29) is 17.9 Å². The number of likely N-dealkylation sites (tertiary alicyclic amines) is 1. The summed E-state index contributed by atoms with van der Waals surface area (Å²) in [5.74, 6) is 1.94. The summed E-state index contributed by atoms with van der Waals surface area (Å²) >= 11 is 0. The van der Waals surface area contributed by atoms with E-state index in [1.165, 1.54) is 5.56 Å². The first-order chi connectivity index (χ1) is 15.6. The van der Waals surface area contributed by atoms with E-state index in [9.17, 15) is 4.79 Å². The highest BCUT2D eigenvalue weighted by Gasteiger charge is 2.27. The van der Waals surface area contributed by atoms with Crippen molar-refractivity contribution in [2.75, 3.05) is 19.6 Å². The second kappa shape index (κ2) is 9.00. The number of benzene rings is 1. The molecule has 3 N–H and O–H groups in total. The quantitative estimate of drug-likeness (QED) is 0.619. The number of nitrogens with zero attached hydrogens (tertiary/aromatic N) is 3. The number of carbonyl (C=O) groups excluding carboxylic acids is 1. The molecule has 1 unspecified atom stereocenters. The third kappa shape index (κ3) is 4.60. The van der Waals surface area contributed by atoms with Crippen LogP contribution in [0.2, 0.25) is 0 Å². The van der Waals surface area contributed by atoms with Gasteiger partial charge in [-0.15, -0.1) is 0 Å². The topological polar surface area (TPSA) is 106 Å². The fourth-order valence-electron chi connectivity index (χ4n) is 4.42. The van der Waals surface area contributed by atoms with Gasteiger partial charge in [-0.05, 0) is 62.5 Å². The lowest BCUT2D eigenvalue weighted by molar-refractivity contribution is -0.123. The Bertz CT molecular complexity index is 1060. The molecule has 2 aliphatic heterocycles. The zero-order chi connectivity index (χ0) is 21.9. The van der Waals surface area contributed by atoms with Gasteiger partial charge in [0.15, 0.2) is 0 Å². The normalized spacial score (nSPS) is 19.2. The van der Waals surface area contributed by atoms with E-state index < -0.39 is 0 Å². The van der Waals surface area contributed by atoms with Crippen molar-refractivity contribution in [1.82, 2.24) is 20.1 Å². The number of nitrogens with two attached hydrogens (primary N) is 1. The molecule has 166 valence electrons. The Morgan fingerprint density at radius 3 is 2.78 bits per heavy atom. The summed E-state index contributed by atoms with van der Waals surface area (Å²) in [7, 11) is 0. The van der Waals surface area contributed by atoms with Crippen LogP contribution in [-0.4, -0.2) is 51.7 Å². The van der Waals surface area contributed by atoms with E-state index in [0.29, 0.717) is 11.6 Å². The number of hydrogen-bond donors (Lipinski definition) is 2. The standard InChI is InChI=1S/C24H27N5O3/c25-24(30)17-8-11-29(12-9-17)15-20-5-2-16-1-4-19(13-22(16)31-20)32-23-6-3-18(14-26-23)21-7-10-27-28-21/h1,3-4,6-7,10,13-14,17,20H,2,5,8-9,11-12,15H2,(H2,25,30)(H,27,28). The second-order valence-electron chi connectivity index (χ2n) is 8.48. The summed E-state index contributed by atoms with van der Waals surface area (Å²) in [5.41, 5.74) is 8.51. The Balaban J connectivity index is 1.20. The van der Waals surface area contributed by atoms with Crippen LogP contribution in [0.5, 0.6) is 17.4 Å². The van der Waals surface area contributed by atoms with Crippen molar-refractivity contribution in [3.8, 4) is 28.6 Å². The van der Waals surface area contributed by atoms with Gasteiger partial charge in [0.2, 0.25) is 11.8 Å². The third-order valence-corrected chi connectivity index (χ3v) is 6.29. The molecular weight excluding hydrogens is 406 g/mol. The van der Waals surface area contributed by atoms with Crippen LogP contribution in [0.15, 0.2) is 48.8 Å². The monoisotopic (exact) mass is 433 g/mol. The number of pyridine rings is 1. The highest BCUT2D eigenvalue weighted by molar-refractivity contribution is 5.76. The first-order valence-corrected chi connectivity index (χ1v) is 11.1. The molecule has 0 saturated carbocycles. The second-order valence-corrected chi connectivity index (χ2v) is 8.48. The first kappa shape index (κ1) is 20.5. The van der Waals surface area contributed by atoms with Gasteiger partial charge in [0.1, 0.15) is 17.6 Å². The average molecular weight is 434 g/mol. The minimum atomic E-state index is -0.175. The van der Waals surface area contributed by atoms with Gasteiger partial charge in [-0.3, -0.25) is 14.8 Å². The van der Waals surface area contributed by atoms with Crippen LogP contribution in [0.3, 0.4) is 0 Å². The Labute approximate surface area is 186 Å². The highest BCUT2D eigenvalue weighted by atomic mass is 16.5. The van der Waals surface area contributed by atoms with Gasteiger partial charge in [-0.2, -0.15) is 5.10 Å². The molecule has 0 radical (unpaired) electrons. The molecule has 5 rings (SSSR count). The number of amides is 1. The number of nitrogens with one attached hydrogen (secondary N) is 1. The Kier molecular flexibility index (Phi) is 5.77. The molecule has 1 saturated heterocycles. The number of rotatable bonds is 6. The van der Waals surface area contributed by atoms with E-state index >= 15 is 0 Å². The average Bonchev–Trinajstić information content (AvgIpc) is 3.35. The van der Waals surface area contributed by atoms with E-state index in [4.69, 9.17) is 15.2 Å². The van der Waals surface area contributed by atoms with Crippen LogP contribution in [-0.2, 0) is 11.2 Å². The van der Waals surface area contributed by atoms with E-state index in [1.54, 1.807) is 12.4 Å². The minimum Gasteiger partial charge on any atom is -0.489 e. The van der Waals surface area contributed by atoms with Crippen molar-refractivity contribution >= 4 is 5.91 Å². The van der Waals surface area contributed by atoms with Crippen molar-refractivity contribution in [3.63, 3.8) is 0 Å². The highest BCUT2D eigenvalue weighted by Crippen LogP contribution is 2.33. The van der Waals surface area contributed by atoms with Gasteiger partial charge in [-0.1, -0.05) is 6.07 Å². The molecule has 32 heavy (non-hydrogen) atoms. The van der Waals surface area contributed by atoms with Gasteiger partial charge >= 0.3 is 0 Å². The maximum absolute atomic E-state index is 11.4. The maximum atomic E-state index is 11.4. The largest absolute Gasteiger partial charge is 0.489 e. The van der Waals surface area contributed by atoms with Gasteiger partial charge < -0.3 is 15.2 Å². The number of ether oxygens (including phenoxy) is 2. The Morgan fingerprint density at radius 2 is 2.06 bits per heavy atom. The summed E-state index contributed by atoms with van der Waals surface area (Å²) in [6.45, 7) is 2.65. The molecular formula is C24H27N5O3. The summed E-state index contributed by atoms with van der Waals surface area (Å²) in [5, 5.41) is 6.89. The first-order valence-electron chi connectivity index (χ1n) is 11.1. The summed E-state index contributed by atoms with van der Waals surface area (Å²) < 4.78 is 12.3. The zero-order valence-corrected chi connectivity index (χ0v) is 17.9. The predicted molar refractivity (Wildman–Crippen MR) is 119 cm³/mol. The van der Waals surface area contributed by atoms with E-state index in [2.05, 4.69) is 26.1 Å². The molecule has 8 heteroatoms. The van der Waals surface area contributed by atoms with Crippen molar-refractivity contribution < 1.29 is 14.3 Å². The molecule has 1 fully saturated rings. The smallest absolute Gasteiger partial charge is 0.220 e. The Morgan fingerprint density at radius 1 is 1.19 bits per heavy atom. The maximum Gasteiger partial charge on any atom is 0.220 e. The number of H-pyrrole nitrogens is 1. The molecule has 3 aromatic rings. The molecule has 2 aromatic heterocycles. The number of fused-ring (bicyclic) bond motifs is 1. The molecule has 0 aliphatic carbocycles. The molecule has 0 spiro atoms. The number of aromatic nitrogens is 3. The number of piperidine rings is 1. The molecule has 1 amide bonds. The van der Waals surface area contributed by atoms with Crippen molar-refractivity contribution in [3.05, 3.63) is 54.4 Å². The lowest BCUT2D eigenvalue weighted by Crippen LogP contribution is -2.43. The van der Waals surface area contributed by atoms with E-state index in [0.717, 1.165) is 62.3 Å². The zero-order valence-electron chi connectivity index (χ0n) is 17.9. The fraction of sp³-hybridized carbons (Fsp3) is 0.375. The van der Waals surface area contributed by atoms with Crippen LogP contribution in [0.4, 0.5) is 0 Å². The van der Waals surface area contributed by atoms with Crippen LogP contribution in [0, 0.1) is 5.92 Å². The van der Waals surface area contributed by atoms with Crippen LogP contribution < -0.4 is 15.2 Å². The molecule has 2 aliphatic rings. The Hall–Kier alpha value is -3.39. The SMILES string of the molecule is NC(=O)C1CCN(CC2CCc3ccc(Oc4ccc(-c5ccn[nH]5)cn4)cc3O2)CC1. The number of primary amides is 1. The predicted octanol–water partition coefficient (Wildman–Crippen LogP) is 3.15. The molecule has 4 heterocycles. The van der Waals surface area contributed by atoms with Gasteiger partial charge in [-0.25, -0.2) is 4.98 Å².